The quantitative estimate of drug-likeness (QED) is 0.374. The molecule has 39 heavy (non-hydrogen) atoms. The lowest BCUT2D eigenvalue weighted by molar-refractivity contribution is -0.141. The summed E-state index contributed by atoms with van der Waals surface area (Å²) in [5.41, 5.74) is 3.97. The molecule has 1 aliphatic heterocycles. The van der Waals surface area contributed by atoms with Crippen LogP contribution in [0.1, 0.15) is 56.0 Å². The van der Waals surface area contributed by atoms with Crippen LogP contribution < -0.4 is 10.1 Å². The Labute approximate surface area is 233 Å². The first-order chi connectivity index (χ1) is 18.8. The van der Waals surface area contributed by atoms with Gasteiger partial charge < -0.3 is 15.0 Å². The summed E-state index contributed by atoms with van der Waals surface area (Å²) in [6.45, 7) is 10.9. The smallest absolute Gasteiger partial charge is 0.247 e. The van der Waals surface area contributed by atoms with Crippen LogP contribution in [-0.2, 0) is 29.0 Å². The number of carbonyl (C=O) groups is 2. The van der Waals surface area contributed by atoms with Crippen molar-refractivity contribution in [1.82, 2.24) is 15.1 Å². The predicted octanol–water partition coefficient (Wildman–Crippen LogP) is 5.17. The number of amides is 2. The number of ether oxygens (including phenoxy) is 1. The molecule has 1 atom stereocenters. The van der Waals surface area contributed by atoms with Gasteiger partial charge in [0, 0.05) is 31.7 Å². The van der Waals surface area contributed by atoms with E-state index in [0.29, 0.717) is 38.2 Å². The van der Waals surface area contributed by atoms with E-state index in [1.165, 1.54) is 0 Å². The van der Waals surface area contributed by atoms with Crippen molar-refractivity contribution in [1.29, 1.82) is 0 Å². The highest BCUT2D eigenvalue weighted by Gasteiger charge is 2.36. The minimum absolute atomic E-state index is 0.0395. The highest BCUT2D eigenvalue weighted by Crippen LogP contribution is 2.33. The van der Waals surface area contributed by atoms with E-state index in [9.17, 15) is 9.59 Å². The van der Waals surface area contributed by atoms with Gasteiger partial charge in [0.25, 0.3) is 0 Å². The molecule has 3 aromatic rings. The Balaban J connectivity index is 1.53. The van der Waals surface area contributed by atoms with Crippen LogP contribution in [0.15, 0.2) is 78.9 Å². The van der Waals surface area contributed by atoms with Gasteiger partial charge in [-0.15, -0.1) is 0 Å². The maximum absolute atomic E-state index is 13.7. The maximum Gasteiger partial charge on any atom is 0.247 e. The molecule has 1 N–H and O–H groups in total. The summed E-state index contributed by atoms with van der Waals surface area (Å²) < 4.78 is 6.06. The van der Waals surface area contributed by atoms with Crippen molar-refractivity contribution in [2.75, 3.05) is 19.6 Å². The zero-order valence-corrected chi connectivity index (χ0v) is 23.6. The van der Waals surface area contributed by atoms with Crippen LogP contribution in [0.3, 0.4) is 0 Å². The van der Waals surface area contributed by atoms with Crippen molar-refractivity contribution < 1.29 is 14.3 Å². The molecule has 4 rings (SSSR count). The molecule has 0 aliphatic carbocycles. The van der Waals surface area contributed by atoms with Crippen LogP contribution >= 0.6 is 0 Å². The Morgan fingerprint density at radius 1 is 0.923 bits per heavy atom. The third kappa shape index (κ3) is 7.48. The molecule has 0 saturated carbocycles. The summed E-state index contributed by atoms with van der Waals surface area (Å²) in [5.74, 6) is 0.593. The van der Waals surface area contributed by atoms with Gasteiger partial charge >= 0.3 is 0 Å². The Morgan fingerprint density at radius 2 is 1.56 bits per heavy atom. The van der Waals surface area contributed by atoms with Gasteiger partial charge in [0.1, 0.15) is 18.4 Å². The molecule has 6 heteroatoms. The minimum atomic E-state index is -0.667. The highest BCUT2D eigenvalue weighted by molar-refractivity contribution is 5.90. The number of nitrogens with one attached hydrogen (secondary N) is 1. The fourth-order valence-corrected chi connectivity index (χ4v) is 5.38. The van der Waals surface area contributed by atoms with E-state index < -0.39 is 6.04 Å². The molecule has 1 heterocycles. The summed E-state index contributed by atoms with van der Waals surface area (Å²) in [4.78, 5) is 31.3. The van der Waals surface area contributed by atoms with Gasteiger partial charge in [-0.3, -0.25) is 14.5 Å². The number of carbonyl (C=O) groups excluding carboxylic acids is 2. The topological polar surface area (TPSA) is 61.9 Å². The van der Waals surface area contributed by atoms with E-state index in [1.807, 2.05) is 78.9 Å². The Morgan fingerprint density at radius 3 is 2.21 bits per heavy atom. The first-order valence-electron chi connectivity index (χ1n) is 14.0. The van der Waals surface area contributed by atoms with Gasteiger partial charge in [-0.25, -0.2) is 0 Å². The lowest BCUT2D eigenvalue weighted by atomic mass is 9.91. The molecule has 3 aromatic carbocycles. The second-order valence-corrected chi connectivity index (χ2v) is 10.8. The van der Waals surface area contributed by atoms with Crippen LogP contribution in [0.2, 0.25) is 0 Å². The van der Waals surface area contributed by atoms with Gasteiger partial charge in [0.15, 0.2) is 0 Å². The zero-order chi connectivity index (χ0) is 27.8. The van der Waals surface area contributed by atoms with Crippen molar-refractivity contribution in [2.45, 2.75) is 65.3 Å². The molecular formula is C33H41N3O3. The molecule has 0 bridgehead atoms. The van der Waals surface area contributed by atoms with Crippen molar-refractivity contribution in [3.05, 3.63) is 101 Å². The van der Waals surface area contributed by atoms with Crippen LogP contribution in [0, 0.1) is 0 Å². The van der Waals surface area contributed by atoms with Crippen molar-refractivity contribution in [2.24, 2.45) is 0 Å². The van der Waals surface area contributed by atoms with E-state index in [0.717, 1.165) is 34.5 Å². The third-order valence-corrected chi connectivity index (χ3v) is 7.35. The second-order valence-electron chi connectivity index (χ2n) is 10.8. The summed E-state index contributed by atoms with van der Waals surface area (Å²) >= 11 is 0. The van der Waals surface area contributed by atoms with Crippen LogP contribution in [0.5, 0.6) is 5.75 Å². The van der Waals surface area contributed by atoms with Crippen LogP contribution in [-0.4, -0.2) is 53.3 Å². The normalized spacial score (nSPS) is 14.9. The first kappa shape index (κ1) is 28.4. The zero-order valence-electron chi connectivity index (χ0n) is 23.6. The maximum atomic E-state index is 13.7. The first-order valence-corrected chi connectivity index (χ1v) is 14.0. The molecule has 6 nitrogen and oxygen atoms in total. The summed E-state index contributed by atoms with van der Waals surface area (Å²) in [6.07, 6.45) is 0.948. The van der Waals surface area contributed by atoms with E-state index in [-0.39, 0.29) is 18.2 Å². The summed E-state index contributed by atoms with van der Waals surface area (Å²) in [6, 6.07) is 25.8. The summed E-state index contributed by atoms with van der Waals surface area (Å²) in [5, 5.41) is 3.14. The Kier molecular flexibility index (Phi) is 9.77. The van der Waals surface area contributed by atoms with E-state index in [1.54, 1.807) is 4.90 Å². The van der Waals surface area contributed by atoms with E-state index in [4.69, 9.17) is 4.74 Å². The second kappa shape index (κ2) is 13.4. The molecule has 2 amide bonds. The molecule has 0 aromatic heterocycles. The standard InChI is InChI=1S/C33H41N3O3/c1-24(2)35(25(3)4)20-18-34-33(38)32-30-16-15-29(39-23-27-13-9-6-10-14-27)22-28(30)17-19-36(32)31(37)21-26-11-7-5-8-12-26/h5-16,22,24-25,32H,17-21,23H2,1-4H3,(H,34,38). The molecule has 1 unspecified atom stereocenters. The number of benzene rings is 3. The SMILES string of the molecule is CC(C)N(CCNC(=O)C1c2ccc(OCc3ccccc3)cc2CCN1C(=O)Cc1ccccc1)C(C)C. The average molecular weight is 528 g/mol. The molecule has 0 fully saturated rings. The highest BCUT2D eigenvalue weighted by atomic mass is 16.5. The van der Waals surface area contributed by atoms with E-state index in [2.05, 4.69) is 37.9 Å². The Hall–Kier alpha value is -3.64. The third-order valence-electron chi connectivity index (χ3n) is 7.35. The van der Waals surface area contributed by atoms with Crippen LogP contribution in [0.4, 0.5) is 0 Å². The van der Waals surface area contributed by atoms with Crippen molar-refractivity contribution in [3.8, 4) is 5.75 Å². The van der Waals surface area contributed by atoms with Gasteiger partial charge in [-0.2, -0.15) is 0 Å². The van der Waals surface area contributed by atoms with Gasteiger partial charge in [0.2, 0.25) is 11.8 Å². The number of hydrogen-bond donors (Lipinski definition) is 1. The van der Waals surface area contributed by atoms with Gasteiger partial charge in [0.05, 0.1) is 6.42 Å². The van der Waals surface area contributed by atoms with Crippen LogP contribution in [0.25, 0.3) is 0 Å². The molecule has 0 saturated heterocycles. The average Bonchev–Trinajstić information content (AvgIpc) is 2.94. The monoisotopic (exact) mass is 527 g/mol. The lowest BCUT2D eigenvalue weighted by Crippen LogP contribution is -2.49. The largest absolute Gasteiger partial charge is 0.489 e. The summed E-state index contributed by atoms with van der Waals surface area (Å²) in [7, 11) is 0. The predicted molar refractivity (Wildman–Crippen MR) is 156 cm³/mol. The number of hydrogen-bond acceptors (Lipinski definition) is 4. The van der Waals surface area contributed by atoms with Gasteiger partial charge in [-0.1, -0.05) is 66.7 Å². The fraction of sp³-hybridized carbons (Fsp3) is 0.394. The molecule has 0 spiro atoms. The molecular weight excluding hydrogens is 486 g/mol. The molecule has 1 aliphatic rings. The number of nitrogens with zero attached hydrogens (tertiary/aromatic N) is 2. The van der Waals surface area contributed by atoms with Crippen molar-refractivity contribution in [3.63, 3.8) is 0 Å². The van der Waals surface area contributed by atoms with Gasteiger partial charge in [-0.05, 0) is 68.5 Å². The van der Waals surface area contributed by atoms with E-state index >= 15 is 0 Å². The minimum Gasteiger partial charge on any atom is -0.489 e. The fourth-order valence-electron chi connectivity index (χ4n) is 5.38. The molecule has 206 valence electrons. The number of fused-ring (bicyclic) bond motifs is 1. The van der Waals surface area contributed by atoms with Crippen molar-refractivity contribution >= 4 is 11.8 Å². The lowest BCUT2D eigenvalue weighted by Gasteiger charge is -2.37. The number of rotatable bonds is 11. The molecule has 0 radical (unpaired) electrons. The Bertz CT molecular complexity index is 1220.